The summed E-state index contributed by atoms with van der Waals surface area (Å²) in [7, 11) is 0. The fourth-order valence-corrected chi connectivity index (χ4v) is 2.25. The van der Waals surface area contributed by atoms with Crippen molar-refractivity contribution in [1.82, 2.24) is 4.90 Å². The predicted molar refractivity (Wildman–Crippen MR) is 72.7 cm³/mol. The molecule has 0 aliphatic heterocycles. The highest BCUT2D eigenvalue weighted by atomic mass is 16.2. The minimum absolute atomic E-state index is 0.168. The first-order valence-corrected chi connectivity index (χ1v) is 6.70. The molecule has 0 aromatic rings. The molecule has 1 amide bonds. The van der Waals surface area contributed by atoms with E-state index in [2.05, 4.69) is 25.7 Å². The zero-order valence-electron chi connectivity index (χ0n) is 11.2. The number of hydrogen-bond acceptors (Lipinski definition) is 1. The van der Waals surface area contributed by atoms with E-state index in [1.54, 1.807) is 6.92 Å². The van der Waals surface area contributed by atoms with Crippen molar-refractivity contribution in [3.63, 3.8) is 0 Å². The Labute approximate surface area is 105 Å². The average molecular weight is 235 g/mol. The van der Waals surface area contributed by atoms with E-state index in [1.165, 1.54) is 19.3 Å². The second-order valence-corrected chi connectivity index (χ2v) is 4.93. The maximum absolute atomic E-state index is 11.4. The van der Waals surface area contributed by atoms with E-state index < -0.39 is 0 Å². The zero-order chi connectivity index (χ0) is 12.7. The minimum Gasteiger partial charge on any atom is -0.339 e. The zero-order valence-corrected chi connectivity index (χ0v) is 11.2. The topological polar surface area (TPSA) is 20.3 Å². The molecule has 96 valence electrons. The summed E-state index contributed by atoms with van der Waals surface area (Å²) >= 11 is 0. The van der Waals surface area contributed by atoms with Crippen molar-refractivity contribution >= 4 is 5.91 Å². The average Bonchev–Trinajstić information content (AvgIpc) is 3.02. The summed E-state index contributed by atoms with van der Waals surface area (Å²) in [6, 6.07) is 0. The molecule has 0 spiro atoms. The summed E-state index contributed by atoms with van der Waals surface area (Å²) in [4.78, 5) is 13.3. The smallest absolute Gasteiger partial charge is 0.219 e. The number of amides is 1. The molecule has 0 radical (unpaired) electrons. The van der Waals surface area contributed by atoms with Crippen molar-refractivity contribution in [1.29, 1.82) is 0 Å². The van der Waals surface area contributed by atoms with Gasteiger partial charge in [-0.3, -0.25) is 4.79 Å². The third-order valence-corrected chi connectivity index (χ3v) is 3.43. The molecule has 1 fully saturated rings. The van der Waals surface area contributed by atoms with Gasteiger partial charge < -0.3 is 4.90 Å². The van der Waals surface area contributed by atoms with Crippen LogP contribution < -0.4 is 0 Å². The Morgan fingerprint density at radius 2 is 2.18 bits per heavy atom. The van der Waals surface area contributed by atoms with Gasteiger partial charge in [-0.25, -0.2) is 0 Å². The van der Waals surface area contributed by atoms with Crippen LogP contribution in [0.4, 0.5) is 0 Å². The summed E-state index contributed by atoms with van der Waals surface area (Å²) < 4.78 is 0. The molecule has 1 aliphatic carbocycles. The third kappa shape index (κ3) is 5.20. The maximum Gasteiger partial charge on any atom is 0.219 e. The molecule has 0 heterocycles. The second-order valence-electron chi connectivity index (χ2n) is 4.93. The molecule has 0 aromatic heterocycles. The largest absolute Gasteiger partial charge is 0.339 e. The number of rotatable bonds is 8. The molecule has 0 N–H and O–H groups in total. The number of allylic oxidation sites excluding steroid dienone is 2. The molecule has 0 aromatic carbocycles. The van der Waals surface area contributed by atoms with Crippen LogP contribution >= 0.6 is 0 Å². The number of nitrogens with zero attached hydrogens (tertiary/aromatic N) is 1. The van der Waals surface area contributed by atoms with Gasteiger partial charge in [0.1, 0.15) is 0 Å². The highest BCUT2D eigenvalue weighted by Crippen LogP contribution is 2.42. The maximum atomic E-state index is 11.4. The van der Waals surface area contributed by atoms with Crippen molar-refractivity contribution in [2.24, 2.45) is 11.8 Å². The summed E-state index contributed by atoms with van der Waals surface area (Å²) in [5, 5.41) is 0. The van der Waals surface area contributed by atoms with E-state index in [0.29, 0.717) is 6.54 Å². The minimum atomic E-state index is 0.168. The molecule has 1 aliphatic rings. The van der Waals surface area contributed by atoms with Crippen molar-refractivity contribution in [2.45, 2.75) is 39.5 Å². The molecule has 1 rings (SSSR count). The van der Waals surface area contributed by atoms with Crippen LogP contribution in [0.5, 0.6) is 0 Å². The van der Waals surface area contributed by atoms with Gasteiger partial charge in [-0.2, -0.15) is 0 Å². The van der Waals surface area contributed by atoms with Crippen LogP contribution in [0.25, 0.3) is 0 Å². The first-order chi connectivity index (χ1) is 8.19. The molecule has 0 saturated heterocycles. The lowest BCUT2D eigenvalue weighted by atomic mass is 10.1. The van der Waals surface area contributed by atoms with Gasteiger partial charge in [-0.1, -0.05) is 25.2 Å². The Morgan fingerprint density at radius 3 is 2.76 bits per heavy atom. The molecule has 1 saturated carbocycles. The lowest BCUT2D eigenvalue weighted by Gasteiger charge is -2.19. The molecular weight excluding hydrogens is 210 g/mol. The van der Waals surface area contributed by atoms with Crippen molar-refractivity contribution in [2.75, 3.05) is 13.1 Å². The molecule has 2 atom stereocenters. The predicted octanol–water partition coefficient (Wildman–Crippen LogP) is 3.40. The van der Waals surface area contributed by atoms with Crippen LogP contribution in [0.15, 0.2) is 24.8 Å². The number of hydrogen-bond donors (Lipinski definition) is 0. The highest BCUT2D eigenvalue weighted by molar-refractivity contribution is 5.73. The van der Waals surface area contributed by atoms with Crippen LogP contribution in [0.3, 0.4) is 0 Å². The first-order valence-electron chi connectivity index (χ1n) is 6.70. The van der Waals surface area contributed by atoms with Crippen LogP contribution in [-0.2, 0) is 4.79 Å². The fraction of sp³-hybridized carbons (Fsp3) is 0.667. The fourth-order valence-electron chi connectivity index (χ4n) is 2.25. The van der Waals surface area contributed by atoms with E-state index in [-0.39, 0.29) is 5.91 Å². The molecular formula is C15H25NO. The highest BCUT2D eigenvalue weighted by Gasteiger charge is 2.37. The lowest BCUT2D eigenvalue weighted by molar-refractivity contribution is -0.128. The van der Waals surface area contributed by atoms with Crippen molar-refractivity contribution in [3.8, 4) is 0 Å². The van der Waals surface area contributed by atoms with E-state index in [9.17, 15) is 4.79 Å². The first kappa shape index (κ1) is 14.0. The molecule has 17 heavy (non-hydrogen) atoms. The van der Waals surface area contributed by atoms with Crippen LogP contribution in [-0.4, -0.2) is 23.9 Å². The summed E-state index contributed by atoms with van der Waals surface area (Å²) in [5.74, 6) is 1.73. The SMILES string of the molecule is C=CCN(CC1CC1CC/C=C\CC)C(C)=O. The normalized spacial score (nSPS) is 22.7. The van der Waals surface area contributed by atoms with E-state index in [1.807, 2.05) is 11.0 Å². The Hall–Kier alpha value is -1.05. The molecule has 0 bridgehead atoms. The van der Waals surface area contributed by atoms with Gasteiger partial charge in [0, 0.05) is 20.0 Å². The monoisotopic (exact) mass is 235 g/mol. The quantitative estimate of drug-likeness (QED) is 0.590. The van der Waals surface area contributed by atoms with Crippen molar-refractivity contribution in [3.05, 3.63) is 24.8 Å². The Bertz CT molecular complexity index is 283. The van der Waals surface area contributed by atoms with Gasteiger partial charge >= 0.3 is 0 Å². The Balaban J connectivity index is 2.19. The standard InChI is InChI=1S/C15H25NO/c1-4-6-7-8-9-14-11-15(14)12-16(10-5-2)13(3)17/h5-7,14-15H,2,4,8-12H2,1,3H3/b7-6-. The van der Waals surface area contributed by atoms with Gasteiger partial charge in [0.2, 0.25) is 5.91 Å². The lowest BCUT2D eigenvalue weighted by Crippen LogP contribution is -2.31. The third-order valence-electron chi connectivity index (χ3n) is 3.43. The van der Waals surface area contributed by atoms with Crippen molar-refractivity contribution < 1.29 is 4.79 Å². The van der Waals surface area contributed by atoms with Crippen LogP contribution in [0.2, 0.25) is 0 Å². The second kappa shape index (κ2) is 7.31. The van der Waals surface area contributed by atoms with Gasteiger partial charge in [0.05, 0.1) is 0 Å². The van der Waals surface area contributed by atoms with Gasteiger partial charge in [0.25, 0.3) is 0 Å². The Kier molecular flexibility index (Phi) is 6.03. The Morgan fingerprint density at radius 1 is 1.41 bits per heavy atom. The molecule has 2 nitrogen and oxygen atoms in total. The van der Waals surface area contributed by atoms with Gasteiger partial charge in [0.15, 0.2) is 0 Å². The van der Waals surface area contributed by atoms with E-state index in [0.717, 1.165) is 24.8 Å². The van der Waals surface area contributed by atoms with E-state index >= 15 is 0 Å². The van der Waals surface area contributed by atoms with Crippen LogP contribution in [0, 0.1) is 11.8 Å². The molecule has 2 heteroatoms. The number of carbonyl (C=O) groups excluding carboxylic acids is 1. The number of carbonyl (C=O) groups is 1. The summed E-state index contributed by atoms with van der Waals surface area (Å²) in [6.45, 7) is 9.11. The van der Waals surface area contributed by atoms with Crippen LogP contribution in [0.1, 0.15) is 39.5 Å². The van der Waals surface area contributed by atoms with Gasteiger partial charge in [-0.05, 0) is 37.5 Å². The van der Waals surface area contributed by atoms with Gasteiger partial charge in [-0.15, -0.1) is 6.58 Å². The summed E-state index contributed by atoms with van der Waals surface area (Å²) in [6.07, 6.45) is 11.2. The summed E-state index contributed by atoms with van der Waals surface area (Å²) in [5.41, 5.74) is 0. The molecule has 2 unspecified atom stereocenters. The van der Waals surface area contributed by atoms with E-state index in [4.69, 9.17) is 0 Å².